The van der Waals surface area contributed by atoms with Crippen LogP contribution < -0.4 is 9.80 Å². The van der Waals surface area contributed by atoms with Crippen LogP contribution in [-0.4, -0.2) is 23.6 Å². The zero-order valence-electron chi connectivity index (χ0n) is 24.0. The standard InChI is InChI=1S/C37H34N2O4/c1-3-15-36-17-13-24(20-36)28-30(36)34(42)38(32(28)40)26-9-5-22(6-10-26)19-23-7-11-27(12-8-23)39-33(41)29-25-14-18-37(21-25,16-4-2)31(29)35(39)43/h3-14,17-18,24-25,28-31H,1-2,15-16,19-21H2. The Morgan fingerprint density at radius 1 is 0.628 bits per heavy atom. The van der Waals surface area contributed by atoms with Crippen LogP contribution in [0.2, 0.25) is 0 Å². The van der Waals surface area contributed by atoms with Crippen LogP contribution in [0.5, 0.6) is 0 Å². The maximum absolute atomic E-state index is 13.6. The molecule has 2 heterocycles. The first-order chi connectivity index (χ1) is 20.8. The highest BCUT2D eigenvalue weighted by molar-refractivity contribution is 6.24. The van der Waals surface area contributed by atoms with E-state index >= 15 is 0 Å². The molecule has 0 N–H and O–H groups in total. The number of carbonyl (C=O) groups is 4. The fourth-order valence-corrected chi connectivity index (χ4v) is 9.55. The second-order valence-corrected chi connectivity index (χ2v) is 13.4. The van der Waals surface area contributed by atoms with Crippen LogP contribution in [-0.2, 0) is 25.6 Å². The van der Waals surface area contributed by atoms with Gasteiger partial charge in [0.1, 0.15) is 0 Å². The number of anilines is 2. The second kappa shape index (κ2) is 9.09. The molecule has 6 aliphatic rings. The number of carbonyl (C=O) groups excluding carboxylic acids is 4. The van der Waals surface area contributed by atoms with E-state index in [4.69, 9.17) is 0 Å². The van der Waals surface area contributed by atoms with Crippen molar-refractivity contribution in [1.29, 1.82) is 0 Å². The van der Waals surface area contributed by atoms with Crippen molar-refractivity contribution in [3.05, 3.63) is 109 Å². The van der Waals surface area contributed by atoms with Crippen LogP contribution in [0.1, 0.15) is 36.8 Å². The molecule has 6 heteroatoms. The molecule has 2 saturated carbocycles. The third-order valence-corrected chi connectivity index (χ3v) is 11.3. The summed E-state index contributed by atoms with van der Waals surface area (Å²) in [5.41, 5.74) is 2.75. The number of hydrogen-bond acceptors (Lipinski definition) is 4. The maximum Gasteiger partial charge on any atom is 0.238 e. The lowest BCUT2D eigenvalue weighted by Crippen LogP contribution is -2.35. The van der Waals surface area contributed by atoms with Gasteiger partial charge in [-0.1, -0.05) is 60.7 Å². The minimum Gasteiger partial charge on any atom is -0.274 e. The molecule has 2 aliphatic heterocycles. The summed E-state index contributed by atoms with van der Waals surface area (Å²) in [7, 11) is 0. The Labute approximate surface area is 251 Å². The maximum atomic E-state index is 13.6. The lowest BCUT2D eigenvalue weighted by atomic mass is 9.72. The van der Waals surface area contributed by atoms with Crippen molar-refractivity contribution in [2.75, 3.05) is 9.80 Å². The van der Waals surface area contributed by atoms with E-state index in [1.807, 2.05) is 60.7 Å². The normalized spacial score (nSPS) is 36.3. The van der Waals surface area contributed by atoms with E-state index < -0.39 is 0 Å². The molecular formula is C37H34N2O4. The van der Waals surface area contributed by atoms with Gasteiger partial charge in [0.25, 0.3) is 0 Å². The Kier molecular flexibility index (Phi) is 5.56. The quantitative estimate of drug-likeness (QED) is 0.297. The van der Waals surface area contributed by atoms with Gasteiger partial charge < -0.3 is 0 Å². The summed E-state index contributed by atoms with van der Waals surface area (Å²) in [4.78, 5) is 56.8. The number of allylic oxidation sites excluding steroid dienone is 6. The highest BCUT2D eigenvalue weighted by Crippen LogP contribution is 2.63. The van der Waals surface area contributed by atoms with Gasteiger partial charge >= 0.3 is 0 Å². The second-order valence-electron chi connectivity index (χ2n) is 13.4. The van der Waals surface area contributed by atoms with E-state index in [0.29, 0.717) is 30.6 Å². The van der Waals surface area contributed by atoms with E-state index in [9.17, 15) is 19.2 Å². The first-order valence-electron chi connectivity index (χ1n) is 15.3. The smallest absolute Gasteiger partial charge is 0.238 e. The number of amides is 4. The molecule has 4 aliphatic carbocycles. The first-order valence-corrected chi connectivity index (χ1v) is 15.3. The monoisotopic (exact) mass is 570 g/mol. The van der Waals surface area contributed by atoms with Crippen LogP contribution in [0, 0.1) is 46.3 Å². The van der Waals surface area contributed by atoms with Gasteiger partial charge in [-0.05, 0) is 79.3 Å². The molecule has 6 nitrogen and oxygen atoms in total. The highest BCUT2D eigenvalue weighted by atomic mass is 16.2. The topological polar surface area (TPSA) is 74.8 Å². The summed E-state index contributed by atoms with van der Waals surface area (Å²) in [5, 5.41) is 0. The van der Waals surface area contributed by atoms with Gasteiger partial charge in [-0.25, -0.2) is 0 Å². The molecule has 8 atom stereocenters. The highest BCUT2D eigenvalue weighted by Gasteiger charge is 2.66. The van der Waals surface area contributed by atoms with Gasteiger partial charge in [0.05, 0.1) is 35.0 Å². The molecule has 216 valence electrons. The van der Waals surface area contributed by atoms with Gasteiger partial charge in [0.2, 0.25) is 23.6 Å². The summed E-state index contributed by atoms with van der Waals surface area (Å²) < 4.78 is 0. The van der Waals surface area contributed by atoms with Crippen molar-refractivity contribution < 1.29 is 19.2 Å². The Morgan fingerprint density at radius 2 is 1.02 bits per heavy atom. The molecule has 8 unspecified atom stereocenters. The zero-order valence-corrected chi connectivity index (χ0v) is 24.0. The predicted octanol–water partition coefficient (Wildman–Crippen LogP) is 5.79. The largest absolute Gasteiger partial charge is 0.274 e. The third-order valence-electron chi connectivity index (χ3n) is 11.3. The van der Waals surface area contributed by atoms with E-state index in [1.165, 1.54) is 9.80 Å². The Bertz CT molecular complexity index is 1550. The van der Waals surface area contributed by atoms with Crippen molar-refractivity contribution in [2.45, 2.75) is 32.1 Å². The number of nitrogens with zero attached hydrogens (tertiary/aromatic N) is 2. The summed E-state index contributed by atoms with van der Waals surface area (Å²) >= 11 is 0. The first kappa shape index (κ1) is 26.3. The molecule has 0 spiro atoms. The van der Waals surface area contributed by atoms with Crippen LogP contribution >= 0.6 is 0 Å². The van der Waals surface area contributed by atoms with Crippen LogP contribution in [0.3, 0.4) is 0 Å². The molecule has 4 amide bonds. The molecule has 8 rings (SSSR count). The molecule has 2 aromatic rings. The Balaban J connectivity index is 0.971. The number of imide groups is 2. The lowest BCUT2D eigenvalue weighted by Gasteiger charge is -2.29. The molecule has 4 bridgehead atoms. The molecule has 2 aromatic carbocycles. The number of fused-ring (bicyclic) bond motifs is 10. The van der Waals surface area contributed by atoms with Gasteiger partial charge in [-0.15, -0.1) is 13.2 Å². The molecule has 4 fully saturated rings. The van der Waals surface area contributed by atoms with E-state index in [-0.39, 0.29) is 70.0 Å². The van der Waals surface area contributed by atoms with Gasteiger partial charge in [0.15, 0.2) is 0 Å². The van der Waals surface area contributed by atoms with Crippen LogP contribution in [0.25, 0.3) is 0 Å². The molecule has 0 aromatic heterocycles. The fraction of sp³-hybridized carbons (Fsp3) is 0.351. The van der Waals surface area contributed by atoms with Crippen LogP contribution in [0.4, 0.5) is 11.4 Å². The summed E-state index contributed by atoms with van der Waals surface area (Å²) in [6, 6.07) is 15.3. The van der Waals surface area contributed by atoms with Crippen molar-refractivity contribution >= 4 is 35.0 Å². The van der Waals surface area contributed by atoms with Crippen molar-refractivity contribution in [3.63, 3.8) is 0 Å². The van der Waals surface area contributed by atoms with E-state index in [1.54, 1.807) is 0 Å². The zero-order chi connectivity index (χ0) is 29.7. The summed E-state index contributed by atoms with van der Waals surface area (Å²) in [5.74, 6) is -1.28. The van der Waals surface area contributed by atoms with Gasteiger partial charge in [0, 0.05) is 10.8 Å². The molecular weight excluding hydrogens is 536 g/mol. The SMILES string of the molecule is C=CCC12C=CC(C1)C1C(=O)N(c3ccc(Cc4ccc(N5C(=O)C6C7C=CC(CC=C)(C7)C6C5=O)cc4)cc3)C(=O)C12. The minimum atomic E-state index is -0.306. The minimum absolute atomic E-state index is 0.0898. The van der Waals surface area contributed by atoms with Crippen molar-refractivity contribution in [1.82, 2.24) is 0 Å². The third kappa shape index (κ3) is 3.46. The number of rotatable bonds is 8. The summed E-state index contributed by atoms with van der Waals surface area (Å²) in [6.07, 6.45) is 16.0. The number of hydrogen-bond donors (Lipinski definition) is 0. The Hall–Kier alpha value is -4.32. The summed E-state index contributed by atoms with van der Waals surface area (Å²) in [6.45, 7) is 7.79. The average Bonchev–Trinajstić information content (AvgIpc) is 3.82. The van der Waals surface area contributed by atoms with Gasteiger partial charge in [-0.2, -0.15) is 0 Å². The number of benzene rings is 2. The molecule has 43 heavy (non-hydrogen) atoms. The van der Waals surface area contributed by atoms with Crippen molar-refractivity contribution in [3.8, 4) is 0 Å². The van der Waals surface area contributed by atoms with Gasteiger partial charge in [-0.3, -0.25) is 29.0 Å². The van der Waals surface area contributed by atoms with E-state index in [0.717, 1.165) is 24.0 Å². The predicted molar refractivity (Wildman–Crippen MR) is 164 cm³/mol. The lowest BCUT2D eigenvalue weighted by molar-refractivity contribution is -0.125. The molecule has 2 saturated heterocycles. The Morgan fingerprint density at radius 3 is 1.40 bits per heavy atom. The van der Waals surface area contributed by atoms with E-state index in [2.05, 4.69) is 37.5 Å². The molecule has 0 radical (unpaired) electrons. The van der Waals surface area contributed by atoms with Crippen molar-refractivity contribution in [2.24, 2.45) is 46.3 Å². The fourth-order valence-electron chi connectivity index (χ4n) is 9.55. The average molecular weight is 571 g/mol. The van der Waals surface area contributed by atoms with Crippen LogP contribution in [0.15, 0.2) is 98.1 Å².